The van der Waals surface area contributed by atoms with Gasteiger partial charge >= 0.3 is 5.69 Å². The minimum absolute atomic E-state index is 0.00667. The van der Waals surface area contributed by atoms with Gasteiger partial charge in [0.25, 0.3) is 5.69 Å². The molecule has 22 heavy (non-hydrogen) atoms. The monoisotopic (exact) mass is 346 g/mol. The molecule has 0 heterocycles. The summed E-state index contributed by atoms with van der Waals surface area (Å²) in [6.45, 7) is 1.92. The van der Waals surface area contributed by atoms with Gasteiger partial charge in [0.15, 0.2) is 0 Å². The number of benzene rings is 1. The van der Waals surface area contributed by atoms with Crippen LogP contribution in [-0.2, 0) is 0 Å². The van der Waals surface area contributed by atoms with Crippen molar-refractivity contribution in [3.05, 3.63) is 49.0 Å². The molecule has 1 rings (SSSR count). The Balaban J connectivity index is 3.13. The van der Waals surface area contributed by atoms with E-state index in [-0.39, 0.29) is 15.9 Å². The number of nitrogens with zero attached hydrogens (tertiary/aromatic N) is 3. The summed E-state index contributed by atoms with van der Waals surface area (Å²) < 4.78 is 0.00667. The third kappa shape index (κ3) is 5.30. The van der Waals surface area contributed by atoms with Gasteiger partial charge in [-0.25, -0.2) is 0 Å². The highest BCUT2D eigenvalue weighted by Crippen LogP contribution is 2.29. The fourth-order valence-corrected chi connectivity index (χ4v) is 1.81. The summed E-state index contributed by atoms with van der Waals surface area (Å²) in [6, 6.07) is 3.23. The Bertz CT molecular complexity index is 642. The minimum Gasteiger partial charge on any atom is -0.271 e. The first-order chi connectivity index (χ1) is 10.3. The average molecular weight is 347 g/mol. The lowest BCUT2D eigenvalue weighted by atomic mass is 10.2. The van der Waals surface area contributed by atoms with E-state index in [1.54, 1.807) is 0 Å². The number of hydrogen-bond donors (Lipinski definition) is 1. The van der Waals surface area contributed by atoms with Gasteiger partial charge in [-0.15, -0.1) is 0 Å². The molecule has 0 aliphatic carbocycles. The van der Waals surface area contributed by atoms with E-state index in [2.05, 4.69) is 10.5 Å². The molecule has 1 aromatic carbocycles. The van der Waals surface area contributed by atoms with Crippen LogP contribution in [0.2, 0.25) is 0 Å². The van der Waals surface area contributed by atoms with Gasteiger partial charge in [0.05, 0.1) is 21.6 Å². The number of rotatable bonds is 7. The first-order valence-corrected chi connectivity index (χ1v) is 6.88. The summed E-state index contributed by atoms with van der Waals surface area (Å²) in [6.07, 6.45) is 2.73. The molecule has 1 N–H and O–H groups in total. The maximum absolute atomic E-state index is 11.0. The van der Waals surface area contributed by atoms with E-state index in [0.29, 0.717) is 12.1 Å². The van der Waals surface area contributed by atoms with Gasteiger partial charge in [-0.05, 0) is 18.6 Å². The van der Waals surface area contributed by atoms with Crippen molar-refractivity contribution in [2.24, 2.45) is 5.10 Å². The van der Waals surface area contributed by atoms with Gasteiger partial charge in [0.1, 0.15) is 10.2 Å². The normalized spacial score (nSPS) is 11.0. The lowest BCUT2D eigenvalue weighted by Gasteiger charge is -2.04. The molecule has 0 unspecified atom stereocenters. The van der Waals surface area contributed by atoms with Crippen LogP contribution in [0.25, 0.3) is 0 Å². The molecule has 0 spiro atoms. The van der Waals surface area contributed by atoms with E-state index in [9.17, 15) is 20.2 Å². The quantitative estimate of drug-likeness (QED) is 0.447. The Kier molecular flexibility index (Phi) is 6.74. The van der Waals surface area contributed by atoms with Crippen molar-refractivity contribution in [1.29, 1.82) is 0 Å². The molecule has 1 aromatic rings. The van der Waals surface area contributed by atoms with E-state index in [0.717, 1.165) is 18.6 Å². The maximum Gasteiger partial charge on any atom is 0.301 e. The van der Waals surface area contributed by atoms with Crippen LogP contribution in [0.15, 0.2) is 33.9 Å². The molecular weight excluding hydrogens is 335 g/mol. The number of non-ortho nitro benzene ring substituents is 1. The average Bonchev–Trinajstić information content (AvgIpc) is 2.44. The predicted octanol–water partition coefficient (Wildman–Crippen LogP) is 4.39. The van der Waals surface area contributed by atoms with E-state index in [1.807, 2.05) is 6.92 Å². The molecule has 0 atom stereocenters. The van der Waals surface area contributed by atoms with Crippen molar-refractivity contribution in [1.82, 2.24) is 0 Å². The molecule has 0 amide bonds. The Morgan fingerprint density at radius 3 is 2.50 bits per heavy atom. The number of nitrogens with one attached hydrogen (secondary N) is 1. The number of hydrazone groups is 1. The highest BCUT2D eigenvalue weighted by molar-refractivity contribution is 6.56. The molecular formula is C12H12Cl2N4O4. The summed E-state index contributed by atoms with van der Waals surface area (Å²) in [5.74, 6) is 0. The van der Waals surface area contributed by atoms with Gasteiger partial charge in [-0.1, -0.05) is 36.5 Å². The highest BCUT2D eigenvalue weighted by Gasteiger charge is 2.19. The number of halogens is 2. The van der Waals surface area contributed by atoms with Gasteiger partial charge in [0.2, 0.25) is 0 Å². The van der Waals surface area contributed by atoms with Crippen LogP contribution in [0.3, 0.4) is 0 Å². The number of hydrogen-bond acceptors (Lipinski definition) is 6. The summed E-state index contributed by atoms with van der Waals surface area (Å²) in [5, 5.41) is 25.6. The van der Waals surface area contributed by atoms with Crippen molar-refractivity contribution in [3.63, 3.8) is 0 Å². The smallest absolute Gasteiger partial charge is 0.271 e. The van der Waals surface area contributed by atoms with Crippen molar-refractivity contribution < 1.29 is 9.85 Å². The molecule has 0 aliphatic heterocycles. The molecule has 118 valence electrons. The van der Waals surface area contributed by atoms with Crippen molar-refractivity contribution >= 4 is 46.0 Å². The van der Waals surface area contributed by atoms with E-state index in [1.165, 1.54) is 12.1 Å². The second-order valence-electron chi connectivity index (χ2n) is 4.11. The number of nitro groups is 2. The van der Waals surface area contributed by atoms with E-state index < -0.39 is 15.5 Å². The van der Waals surface area contributed by atoms with Gasteiger partial charge in [-0.2, -0.15) is 5.10 Å². The second kappa shape index (κ2) is 8.30. The lowest BCUT2D eigenvalue weighted by molar-refractivity contribution is -0.393. The van der Waals surface area contributed by atoms with Crippen LogP contribution < -0.4 is 5.43 Å². The van der Waals surface area contributed by atoms with E-state index >= 15 is 0 Å². The van der Waals surface area contributed by atoms with Crippen LogP contribution in [-0.4, -0.2) is 15.6 Å². The largest absolute Gasteiger partial charge is 0.301 e. The molecule has 0 aliphatic rings. The molecule has 10 heteroatoms. The Morgan fingerprint density at radius 2 is 2.00 bits per heavy atom. The zero-order valence-electron chi connectivity index (χ0n) is 11.5. The maximum atomic E-state index is 11.0. The Labute approximate surface area is 135 Å². The van der Waals surface area contributed by atoms with Crippen LogP contribution >= 0.6 is 23.2 Å². The standard InChI is InChI=1S/C12H12Cl2N4O4/c1-2-3-8(6-12(13)14)15-16-10-5-4-9(17(19)20)7-11(10)18(21)22/h4-7,16H,2-3H2,1H3/b15-8-. The molecule has 0 radical (unpaired) electrons. The zero-order valence-corrected chi connectivity index (χ0v) is 13.0. The minimum atomic E-state index is -0.727. The molecule has 0 saturated heterocycles. The Hall–Kier alpha value is -2.19. The molecule has 0 bridgehead atoms. The Morgan fingerprint density at radius 1 is 1.32 bits per heavy atom. The summed E-state index contributed by atoms with van der Waals surface area (Å²) in [4.78, 5) is 20.2. The predicted molar refractivity (Wildman–Crippen MR) is 85.5 cm³/mol. The first kappa shape index (κ1) is 17.9. The fourth-order valence-electron chi connectivity index (χ4n) is 1.55. The van der Waals surface area contributed by atoms with Crippen LogP contribution in [0.5, 0.6) is 0 Å². The second-order valence-corrected chi connectivity index (χ2v) is 5.12. The van der Waals surface area contributed by atoms with Crippen LogP contribution in [0.1, 0.15) is 19.8 Å². The third-order valence-corrected chi connectivity index (χ3v) is 2.71. The first-order valence-electron chi connectivity index (χ1n) is 6.13. The summed E-state index contributed by atoms with van der Waals surface area (Å²) >= 11 is 11.1. The van der Waals surface area contributed by atoms with Gasteiger partial charge in [-0.3, -0.25) is 25.7 Å². The highest BCUT2D eigenvalue weighted by atomic mass is 35.5. The summed E-state index contributed by atoms with van der Waals surface area (Å²) in [5.41, 5.74) is 2.21. The fraction of sp³-hybridized carbons (Fsp3) is 0.250. The molecule has 0 saturated carbocycles. The van der Waals surface area contributed by atoms with E-state index in [4.69, 9.17) is 23.2 Å². The lowest BCUT2D eigenvalue weighted by Crippen LogP contribution is -2.02. The molecule has 0 aromatic heterocycles. The van der Waals surface area contributed by atoms with Crippen molar-refractivity contribution in [2.75, 3.05) is 5.43 Å². The van der Waals surface area contributed by atoms with Crippen LogP contribution in [0, 0.1) is 20.2 Å². The zero-order chi connectivity index (χ0) is 16.7. The molecule has 8 nitrogen and oxygen atoms in total. The number of nitro benzene ring substituents is 2. The SMILES string of the molecule is CCC/C(C=C(Cl)Cl)=N/Nc1ccc([N+](=O)[O-])cc1[N+](=O)[O-]. The third-order valence-electron chi connectivity index (χ3n) is 2.49. The molecule has 0 fully saturated rings. The number of allylic oxidation sites excluding steroid dienone is 1. The van der Waals surface area contributed by atoms with Gasteiger partial charge < -0.3 is 0 Å². The topological polar surface area (TPSA) is 111 Å². The van der Waals surface area contributed by atoms with Crippen LogP contribution in [0.4, 0.5) is 17.1 Å². The van der Waals surface area contributed by atoms with Crippen molar-refractivity contribution in [2.45, 2.75) is 19.8 Å². The van der Waals surface area contributed by atoms with Gasteiger partial charge in [0, 0.05) is 6.07 Å². The van der Waals surface area contributed by atoms with Crippen molar-refractivity contribution in [3.8, 4) is 0 Å². The summed E-state index contributed by atoms with van der Waals surface area (Å²) in [7, 11) is 0. The number of anilines is 1.